The van der Waals surface area contributed by atoms with Crippen LogP contribution in [0.25, 0.3) is 10.8 Å². The number of benzene rings is 2. The van der Waals surface area contributed by atoms with Gasteiger partial charge in [-0.2, -0.15) is 0 Å². The summed E-state index contributed by atoms with van der Waals surface area (Å²) in [6.45, 7) is 4.05. The lowest BCUT2D eigenvalue weighted by molar-refractivity contribution is 0.0600. The van der Waals surface area contributed by atoms with Crippen LogP contribution in [0.3, 0.4) is 0 Å². The predicted octanol–water partition coefficient (Wildman–Crippen LogP) is 4.34. The summed E-state index contributed by atoms with van der Waals surface area (Å²) in [5.41, 5.74) is 1.73. The van der Waals surface area contributed by atoms with E-state index in [-0.39, 0.29) is 12.1 Å². The van der Waals surface area contributed by atoms with Crippen LogP contribution in [-0.4, -0.2) is 24.8 Å². The Morgan fingerprint density at radius 1 is 1.14 bits per heavy atom. The molecular formula is C22H20BrNO4. The van der Waals surface area contributed by atoms with Crippen molar-refractivity contribution >= 4 is 32.7 Å². The highest BCUT2D eigenvalue weighted by atomic mass is 79.9. The quantitative estimate of drug-likeness (QED) is 0.421. The van der Waals surface area contributed by atoms with E-state index in [1.54, 1.807) is 36.0 Å². The number of hydrogen-bond donors (Lipinski definition) is 0. The van der Waals surface area contributed by atoms with Gasteiger partial charge in [0.25, 0.3) is 5.56 Å². The van der Waals surface area contributed by atoms with E-state index in [0.717, 1.165) is 10.0 Å². The number of fused-ring (bicyclic) bond motifs is 1. The first-order valence-electron chi connectivity index (χ1n) is 8.67. The van der Waals surface area contributed by atoms with E-state index in [4.69, 9.17) is 9.47 Å². The number of carbonyl (C=O) groups excluding carboxylic acids is 1. The van der Waals surface area contributed by atoms with Gasteiger partial charge in [-0.25, -0.2) is 4.79 Å². The van der Waals surface area contributed by atoms with Crippen molar-refractivity contribution in [1.29, 1.82) is 0 Å². The second-order valence-electron chi connectivity index (χ2n) is 6.23. The number of halogens is 1. The molecule has 3 aromatic rings. The molecule has 2 aromatic carbocycles. The van der Waals surface area contributed by atoms with E-state index >= 15 is 0 Å². The van der Waals surface area contributed by atoms with Crippen LogP contribution in [0, 0.1) is 0 Å². The van der Waals surface area contributed by atoms with E-state index in [1.165, 1.54) is 7.11 Å². The van der Waals surface area contributed by atoms with Crippen LogP contribution in [0.2, 0.25) is 0 Å². The number of methoxy groups -OCH3 is 2. The molecule has 0 unspecified atom stereocenters. The molecule has 0 fully saturated rings. The van der Waals surface area contributed by atoms with Crippen LogP contribution < -0.4 is 10.3 Å². The standard InChI is InChI=1S/C22H20BrNO4/c1-4-11-24-19(12-14-5-7-15(23)8-6-14)20(22(26)28-3)18-13-16(27-2)9-10-17(18)21(24)25/h4-10,13H,1,11-12H2,2-3H3. The van der Waals surface area contributed by atoms with Crippen molar-refractivity contribution in [3.63, 3.8) is 0 Å². The lowest BCUT2D eigenvalue weighted by Crippen LogP contribution is -2.27. The van der Waals surface area contributed by atoms with Crippen LogP contribution in [-0.2, 0) is 17.7 Å². The van der Waals surface area contributed by atoms with Crippen molar-refractivity contribution in [3.05, 3.63) is 86.8 Å². The highest BCUT2D eigenvalue weighted by molar-refractivity contribution is 9.10. The average Bonchev–Trinajstić information content (AvgIpc) is 2.71. The maximum Gasteiger partial charge on any atom is 0.340 e. The zero-order valence-electron chi connectivity index (χ0n) is 15.7. The minimum atomic E-state index is -0.497. The van der Waals surface area contributed by atoms with Gasteiger partial charge in [-0.1, -0.05) is 34.1 Å². The van der Waals surface area contributed by atoms with Crippen molar-refractivity contribution in [2.75, 3.05) is 14.2 Å². The Labute approximate surface area is 171 Å². The molecule has 1 aromatic heterocycles. The maximum absolute atomic E-state index is 13.2. The maximum atomic E-state index is 13.2. The molecule has 28 heavy (non-hydrogen) atoms. The Kier molecular flexibility index (Phi) is 5.99. The summed E-state index contributed by atoms with van der Waals surface area (Å²) >= 11 is 3.42. The minimum Gasteiger partial charge on any atom is -0.497 e. The summed E-state index contributed by atoms with van der Waals surface area (Å²) in [5, 5.41) is 0.950. The summed E-state index contributed by atoms with van der Waals surface area (Å²) in [6, 6.07) is 12.8. The molecule has 0 radical (unpaired) electrons. The number of pyridine rings is 1. The van der Waals surface area contributed by atoms with Gasteiger partial charge < -0.3 is 14.0 Å². The topological polar surface area (TPSA) is 57.5 Å². The third kappa shape index (κ3) is 3.73. The first-order chi connectivity index (χ1) is 13.5. The van der Waals surface area contributed by atoms with Crippen LogP contribution in [0.15, 0.2) is 64.4 Å². The number of ether oxygens (including phenoxy) is 2. The molecule has 144 valence electrons. The summed E-state index contributed by atoms with van der Waals surface area (Å²) in [4.78, 5) is 25.9. The van der Waals surface area contributed by atoms with Crippen LogP contribution >= 0.6 is 15.9 Å². The number of rotatable bonds is 6. The molecular weight excluding hydrogens is 422 g/mol. The fourth-order valence-corrected chi connectivity index (χ4v) is 3.50. The Balaban J connectivity index is 2.38. The highest BCUT2D eigenvalue weighted by Crippen LogP contribution is 2.27. The monoisotopic (exact) mass is 441 g/mol. The van der Waals surface area contributed by atoms with E-state index < -0.39 is 5.97 Å². The van der Waals surface area contributed by atoms with Crippen molar-refractivity contribution < 1.29 is 14.3 Å². The van der Waals surface area contributed by atoms with Gasteiger partial charge in [-0.05, 0) is 35.9 Å². The summed E-state index contributed by atoms with van der Waals surface area (Å²) in [7, 11) is 2.88. The Morgan fingerprint density at radius 3 is 2.46 bits per heavy atom. The molecule has 0 bridgehead atoms. The van der Waals surface area contributed by atoms with Gasteiger partial charge in [0.15, 0.2) is 0 Å². The van der Waals surface area contributed by atoms with E-state index in [9.17, 15) is 9.59 Å². The fraction of sp³-hybridized carbons (Fsp3) is 0.182. The second-order valence-corrected chi connectivity index (χ2v) is 7.15. The molecule has 0 spiro atoms. The molecule has 0 aliphatic rings. The van der Waals surface area contributed by atoms with Gasteiger partial charge >= 0.3 is 5.97 Å². The molecule has 0 aliphatic carbocycles. The molecule has 0 saturated carbocycles. The summed E-state index contributed by atoms with van der Waals surface area (Å²) in [5.74, 6) is 0.0660. The third-order valence-electron chi connectivity index (χ3n) is 4.57. The first-order valence-corrected chi connectivity index (χ1v) is 9.46. The summed E-state index contributed by atoms with van der Waals surface area (Å²) < 4.78 is 12.9. The van der Waals surface area contributed by atoms with Crippen molar-refractivity contribution in [3.8, 4) is 5.75 Å². The van der Waals surface area contributed by atoms with E-state index in [2.05, 4.69) is 22.5 Å². The lowest BCUT2D eigenvalue weighted by atomic mass is 9.98. The van der Waals surface area contributed by atoms with Gasteiger partial charge in [-0.15, -0.1) is 6.58 Å². The third-order valence-corrected chi connectivity index (χ3v) is 5.10. The Hall–Kier alpha value is -2.86. The van der Waals surface area contributed by atoms with E-state index in [0.29, 0.717) is 34.2 Å². The lowest BCUT2D eigenvalue weighted by Gasteiger charge is -2.18. The minimum absolute atomic E-state index is 0.183. The van der Waals surface area contributed by atoms with Gasteiger partial charge in [-0.3, -0.25) is 4.79 Å². The molecule has 1 heterocycles. The molecule has 3 rings (SSSR count). The Morgan fingerprint density at radius 2 is 1.86 bits per heavy atom. The van der Waals surface area contributed by atoms with Crippen LogP contribution in [0.1, 0.15) is 21.6 Å². The van der Waals surface area contributed by atoms with Gasteiger partial charge in [0.1, 0.15) is 5.75 Å². The van der Waals surface area contributed by atoms with Crippen molar-refractivity contribution in [2.45, 2.75) is 13.0 Å². The molecule has 6 heteroatoms. The summed E-state index contributed by atoms with van der Waals surface area (Å²) in [6.07, 6.45) is 2.04. The molecule has 0 N–H and O–H groups in total. The zero-order chi connectivity index (χ0) is 20.3. The average molecular weight is 442 g/mol. The molecule has 0 atom stereocenters. The Bertz CT molecular complexity index is 1100. The number of carbonyl (C=O) groups is 1. The van der Waals surface area contributed by atoms with Crippen LogP contribution in [0.5, 0.6) is 5.75 Å². The number of nitrogens with zero attached hydrogens (tertiary/aromatic N) is 1. The van der Waals surface area contributed by atoms with Gasteiger partial charge in [0, 0.05) is 33.9 Å². The molecule has 5 nitrogen and oxygen atoms in total. The first kappa shape index (κ1) is 19.9. The number of allylic oxidation sites excluding steroid dienone is 1. The number of aromatic nitrogens is 1. The normalized spacial score (nSPS) is 10.7. The zero-order valence-corrected chi connectivity index (χ0v) is 17.3. The number of hydrogen-bond acceptors (Lipinski definition) is 4. The van der Waals surface area contributed by atoms with Gasteiger partial charge in [0.05, 0.1) is 19.8 Å². The molecule has 0 amide bonds. The van der Waals surface area contributed by atoms with Crippen LogP contribution in [0.4, 0.5) is 0 Å². The van der Waals surface area contributed by atoms with Gasteiger partial charge in [0.2, 0.25) is 0 Å². The smallest absolute Gasteiger partial charge is 0.340 e. The van der Waals surface area contributed by atoms with E-state index in [1.807, 2.05) is 24.3 Å². The van der Waals surface area contributed by atoms with Crippen molar-refractivity contribution in [2.24, 2.45) is 0 Å². The molecule has 0 saturated heterocycles. The second kappa shape index (κ2) is 8.44. The fourth-order valence-electron chi connectivity index (χ4n) is 3.23. The molecule has 0 aliphatic heterocycles. The SMILES string of the molecule is C=CCn1c(Cc2ccc(Br)cc2)c(C(=O)OC)c2cc(OC)ccc2c1=O. The predicted molar refractivity (Wildman–Crippen MR) is 113 cm³/mol. The van der Waals surface area contributed by atoms with Crippen molar-refractivity contribution in [1.82, 2.24) is 4.57 Å². The number of esters is 1. The highest BCUT2D eigenvalue weighted by Gasteiger charge is 2.23. The largest absolute Gasteiger partial charge is 0.497 e.